The summed E-state index contributed by atoms with van der Waals surface area (Å²) in [6, 6.07) is 0.255. The number of hydrazone groups is 1. The Hall–Kier alpha value is -0.860. The Balaban J connectivity index is 2.60. The van der Waals surface area contributed by atoms with Gasteiger partial charge >= 0.3 is 0 Å². The zero-order valence-electron chi connectivity index (χ0n) is 7.24. The number of amides is 1. The maximum absolute atomic E-state index is 11.4. The topological polar surface area (TPSA) is 32.7 Å². The van der Waals surface area contributed by atoms with E-state index in [2.05, 4.69) is 5.10 Å². The van der Waals surface area contributed by atoms with Crippen molar-refractivity contribution in [1.29, 1.82) is 0 Å². The fourth-order valence-corrected chi connectivity index (χ4v) is 1.04. The van der Waals surface area contributed by atoms with Gasteiger partial charge in [-0.1, -0.05) is 13.8 Å². The molecule has 3 heteroatoms. The zero-order chi connectivity index (χ0) is 8.43. The summed E-state index contributed by atoms with van der Waals surface area (Å²) < 4.78 is 0. The molecule has 0 fully saturated rings. The summed E-state index contributed by atoms with van der Waals surface area (Å²) in [5.74, 6) is 0.166. The lowest BCUT2D eigenvalue weighted by molar-refractivity contribution is -0.135. The molecule has 0 radical (unpaired) electrons. The number of rotatable bonds is 1. The Morgan fingerprint density at radius 1 is 1.73 bits per heavy atom. The third-order valence-corrected chi connectivity index (χ3v) is 1.79. The summed E-state index contributed by atoms with van der Waals surface area (Å²) in [5, 5.41) is 5.57. The van der Waals surface area contributed by atoms with Crippen LogP contribution in [-0.4, -0.2) is 23.2 Å². The normalized spacial score (nSPS) is 23.3. The standard InChI is InChI=1S/C8H14N2O/c1-6(2)8(11)10-7(3)4-5-9-10/h5-7H,4H2,1-3H3. The highest BCUT2D eigenvalue weighted by molar-refractivity contribution is 5.80. The maximum Gasteiger partial charge on any atom is 0.245 e. The lowest BCUT2D eigenvalue weighted by atomic mass is 10.2. The van der Waals surface area contributed by atoms with E-state index in [0.717, 1.165) is 6.42 Å². The van der Waals surface area contributed by atoms with Gasteiger partial charge in [-0.25, -0.2) is 5.01 Å². The number of carbonyl (C=O) groups is 1. The van der Waals surface area contributed by atoms with Crippen molar-refractivity contribution in [1.82, 2.24) is 5.01 Å². The molecule has 0 aromatic carbocycles. The summed E-state index contributed by atoms with van der Waals surface area (Å²) in [6.45, 7) is 5.79. The van der Waals surface area contributed by atoms with Gasteiger partial charge in [0.05, 0.1) is 6.04 Å². The van der Waals surface area contributed by atoms with Crippen LogP contribution in [0.25, 0.3) is 0 Å². The van der Waals surface area contributed by atoms with Crippen LogP contribution in [0.1, 0.15) is 27.2 Å². The summed E-state index contributed by atoms with van der Waals surface area (Å²) in [7, 11) is 0. The molecule has 3 nitrogen and oxygen atoms in total. The van der Waals surface area contributed by atoms with Gasteiger partial charge in [-0.3, -0.25) is 4.79 Å². The van der Waals surface area contributed by atoms with Gasteiger partial charge < -0.3 is 0 Å². The first-order chi connectivity index (χ1) is 5.13. The second kappa shape index (κ2) is 3.03. The third-order valence-electron chi connectivity index (χ3n) is 1.79. The fourth-order valence-electron chi connectivity index (χ4n) is 1.04. The van der Waals surface area contributed by atoms with Crippen molar-refractivity contribution in [2.75, 3.05) is 0 Å². The molecular formula is C8H14N2O. The largest absolute Gasteiger partial charge is 0.273 e. The second-order valence-electron chi connectivity index (χ2n) is 3.22. The van der Waals surface area contributed by atoms with Crippen molar-refractivity contribution in [2.24, 2.45) is 11.0 Å². The molecule has 0 saturated carbocycles. The molecule has 0 aromatic heterocycles. The molecule has 1 unspecified atom stereocenters. The van der Waals surface area contributed by atoms with Crippen LogP contribution in [0, 0.1) is 5.92 Å². The van der Waals surface area contributed by atoms with Crippen LogP contribution in [-0.2, 0) is 4.79 Å². The number of nitrogens with zero attached hydrogens (tertiary/aromatic N) is 2. The first kappa shape index (κ1) is 8.24. The molecule has 62 valence electrons. The Morgan fingerprint density at radius 2 is 2.36 bits per heavy atom. The van der Waals surface area contributed by atoms with Crippen LogP contribution in [0.4, 0.5) is 0 Å². The highest BCUT2D eigenvalue weighted by atomic mass is 16.2. The Labute approximate surface area is 67.1 Å². The molecule has 1 aliphatic heterocycles. The van der Waals surface area contributed by atoms with Gasteiger partial charge in [0.1, 0.15) is 0 Å². The van der Waals surface area contributed by atoms with E-state index >= 15 is 0 Å². The predicted octanol–water partition coefficient (Wildman–Crippen LogP) is 1.25. The SMILES string of the molecule is CC(C)C(=O)N1N=CCC1C. The number of hydrogen-bond acceptors (Lipinski definition) is 2. The van der Waals surface area contributed by atoms with Crippen molar-refractivity contribution >= 4 is 12.1 Å². The maximum atomic E-state index is 11.4. The third kappa shape index (κ3) is 1.59. The van der Waals surface area contributed by atoms with Crippen LogP contribution in [0.5, 0.6) is 0 Å². The first-order valence-corrected chi connectivity index (χ1v) is 3.98. The molecule has 1 aliphatic rings. The van der Waals surface area contributed by atoms with Crippen LogP contribution >= 0.6 is 0 Å². The molecule has 1 heterocycles. The molecule has 1 rings (SSSR count). The molecule has 1 atom stereocenters. The van der Waals surface area contributed by atoms with Gasteiger partial charge in [0, 0.05) is 18.6 Å². The van der Waals surface area contributed by atoms with E-state index in [1.165, 1.54) is 0 Å². The summed E-state index contributed by atoms with van der Waals surface area (Å²) in [6.07, 6.45) is 2.68. The minimum Gasteiger partial charge on any atom is -0.273 e. The van der Waals surface area contributed by atoms with Crippen molar-refractivity contribution in [3.63, 3.8) is 0 Å². The van der Waals surface area contributed by atoms with E-state index in [4.69, 9.17) is 0 Å². The molecule has 1 amide bonds. The fraction of sp³-hybridized carbons (Fsp3) is 0.750. The highest BCUT2D eigenvalue weighted by Crippen LogP contribution is 2.13. The predicted molar refractivity (Wildman–Crippen MR) is 44.3 cm³/mol. The zero-order valence-corrected chi connectivity index (χ0v) is 7.24. The second-order valence-corrected chi connectivity index (χ2v) is 3.22. The molecule has 0 aromatic rings. The summed E-state index contributed by atoms with van der Waals surface area (Å²) in [5.41, 5.74) is 0. The lowest BCUT2D eigenvalue weighted by Gasteiger charge is -2.19. The van der Waals surface area contributed by atoms with E-state index in [-0.39, 0.29) is 17.9 Å². The first-order valence-electron chi connectivity index (χ1n) is 3.98. The van der Waals surface area contributed by atoms with E-state index in [9.17, 15) is 4.79 Å². The molecule has 0 N–H and O–H groups in total. The van der Waals surface area contributed by atoms with Crippen molar-refractivity contribution in [3.05, 3.63) is 0 Å². The Kier molecular flexibility index (Phi) is 2.27. The van der Waals surface area contributed by atoms with Crippen molar-refractivity contribution < 1.29 is 4.79 Å². The average molecular weight is 154 g/mol. The van der Waals surface area contributed by atoms with Crippen LogP contribution in [0.2, 0.25) is 0 Å². The summed E-state index contributed by atoms with van der Waals surface area (Å²) >= 11 is 0. The van der Waals surface area contributed by atoms with Gasteiger partial charge in [-0.15, -0.1) is 0 Å². The van der Waals surface area contributed by atoms with Gasteiger partial charge in [0.25, 0.3) is 0 Å². The molecule has 0 saturated heterocycles. The number of carbonyl (C=O) groups excluding carboxylic acids is 1. The van der Waals surface area contributed by atoms with E-state index < -0.39 is 0 Å². The molecule has 0 bridgehead atoms. The van der Waals surface area contributed by atoms with E-state index in [0.29, 0.717) is 0 Å². The smallest absolute Gasteiger partial charge is 0.245 e. The van der Waals surface area contributed by atoms with Crippen molar-refractivity contribution in [2.45, 2.75) is 33.2 Å². The van der Waals surface area contributed by atoms with Gasteiger partial charge in [-0.05, 0) is 6.92 Å². The van der Waals surface area contributed by atoms with Crippen LogP contribution in [0.15, 0.2) is 5.10 Å². The van der Waals surface area contributed by atoms with E-state index in [1.54, 1.807) is 11.2 Å². The minimum atomic E-state index is 0.0488. The van der Waals surface area contributed by atoms with Gasteiger partial charge in [-0.2, -0.15) is 5.10 Å². The van der Waals surface area contributed by atoms with Crippen LogP contribution in [0.3, 0.4) is 0 Å². The molecule has 0 aliphatic carbocycles. The quantitative estimate of drug-likeness (QED) is 0.559. The Bertz CT molecular complexity index is 187. The molecule has 11 heavy (non-hydrogen) atoms. The average Bonchev–Trinajstić information content (AvgIpc) is 2.33. The lowest BCUT2D eigenvalue weighted by Crippen LogP contribution is -2.33. The van der Waals surface area contributed by atoms with Gasteiger partial charge in [0.15, 0.2) is 0 Å². The highest BCUT2D eigenvalue weighted by Gasteiger charge is 2.24. The monoisotopic (exact) mass is 154 g/mol. The molecular weight excluding hydrogens is 140 g/mol. The van der Waals surface area contributed by atoms with Crippen molar-refractivity contribution in [3.8, 4) is 0 Å². The van der Waals surface area contributed by atoms with E-state index in [1.807, 2.05) is 20.8 Å². The minimum absolute atomic E-state index is 0.0488. The van der Waals surface area contributed by atoms with Crippen LogP contribution < -0.4 is 0 Å². The Morgan fingerprint density at radius 3 is 2.73 bits per heavy atom. The summed E-state index contributed by atoms with van der Waals surface area (Å²) in [4.78, 5) is 11.4. The molecule has 0 spiro atoms. The van der Waals surface area contributed by atoms with Gasteiger partial charge in [0.2, 0.25) is 5.91 Å². The number of hydrogen-bond donors (Lipinski definition) is 0.